The van der Waals surface area contributed by atoms with Gasteiger partial charge in [0.05, 0.1) is 12.8 Å². The van der Waals surface area contributed by atoms with Gasteiger partial charge in [0, 0.05) is 29.1 Å². The van der Waals surface area contributed by atoms with Crippen molar-refractivity contribution in [3.8, 4) is 22.8 Å². The van der Waals surface area contributed by atoms with Gasteiger partial charge in [-0.2, -0.15) is 0 Å². The van der Waals surface area contributed by atoms with Crippen molar-refractivity contribution in [2.45, 2.75) is 6.92 Å². The zero-order chi connectivity index (χ0) is 19.5. The molecular weight excluding hydrogens is 358 g/mol. The molecule has 0 unspecified atom stereocenters. The second kappa shape index (κ2) is 7.31. The second-order valence-electron chi connectivity index (χ2n) is 6.05. The minimum atomic E-state index is -0.327. The molecule has 0 aliphatic heterocycles. The lowest BCUT2D eigenvalue weighted by Gasteiger charge is -2.09. The molecular formula is C19H17N7O2. The molecule has 0 saturated heterocycles. The molecule has 0 aliphatic rings. The molecule has 4 rings (SSSR count). The number of ether oxygens (including phenoxy) is 1. The summed E-state index contributed by atoms with van der Waals surface area (Å²) in [4.78, 5) is 20.4. The number of imidazole rings is 1. The van der Waals surface area contributed by atoms with Crippen molar-refractivity contribution in [2.75, 3.05) is 12.4 Å². The van der Waals surface area contributed by atoms with E-state index in [2.05, 4.69) is 30.8 Å². The van der Waals surface area contributed by atoms with E-state index in [-0.39, 0.29) is 5.91 Å². The SMILES string of the molecule is COc1cc(NC(=O)c2nc(-c3ccccc3)[nH]c2C)cc(-n2cnnn2)c1. The number of nitrogens with one attached hydrogen (secondary N) is 2. The first-order valence-corrected chi connectivity index (χ1v) is 8.50. The van der Waals surface area contributed by atoms with Gasteiger partial charge in [-0.15, -0.1) is 5.10 Å². The number of hydrogen-bond acceptors (Lipinski definition) is 6. The Kier molecular flexibility index (Phi) is 4.55. The standard InChI is InChI=1S/C19H17N7O2/c1-12-17(23-18(21-12)13-6-4-3-5-7-13)19(27)22-14-8-15(10-16(9-14)28-2)26-11-20-24-25-26/h3-11H,1-2H3,(H,21,23)(H,22,27). The number of aryl methyl sites for hydroxylation is 1. The fourth-order valence-electron chi connectivity index (χ4n) is 2.79. The highest BCUT2D eigenvalue weighted by molar-refractivity contribution is 6.04. The van der Waals surface area contributed by atoms with E-state index in [9.17, 15) is 4.79 Å². The highest BCUT2D eigenvalue weighted by Crippen LogP contribution is 2.24. The second-order valence-corrected chi connectivity index (χ2v) is 6.05. The van der Waals surface area contributed by atoms with Crippen molar-refractivity contribution < 1.29 is 9.53 Å². The molecule has 1 amide bonds. The summed E-state index contributed by atoms with van der Waals surface area (Å²) in [6.07, 6.45) is 1.46. The first-order chi connectivity index (χ1) is 13.6. The Labute approximate surface area is 160 Å². The van der Waals surface area contributed by atoms with Gasteiger partial charge >= 0.3 is 0 Å². The average Bonchev–Trinajstić information content (AvgIpc) is 3.38. The Morgan fingerprint density at radius 2 is 2.00 bits per heavy atom. The molecule has 140 valence electrons. The summed E-state index contributed by atoms with van der Waals surface area (Å²) in [7, 11) is 1.55. The molecule has 0 bridgehead atoms. The maximum atomic E-state index is 12.8. The van der Waals surface area contributed by atoms with Crippen LogP contribution in [0, 0.1) is 6.92 Å². The molecule has 0 aliphatic carbocycles. The third-order valence-electron chi connectivity index (χ3n) is 4.15. The van der Waals surface area contributed by atoms with Crippen LogP contribution in [0.2, 0.25) is 0 Å². The fourth-order valence-corrected chi connectivity index (χ4v) is 2.79. The molecule has 0 fully saturated rings. The summed E-state index contributed by atoms with van der Waals surface area (Å²) in [6.45, 7) is 1.81. The van der Waals surface area contributed by atoms with Gasteiger partial charge < -0.3 is 15.0 Å². The molecule has 2 aromatic heterocycles. The fraction of sp³-hybridized carbons (Fsp3) is 0.105. The number of anilines is 1. The van der Waals surface area contributed by atoms with Gasteiger partial charge in [0.15, 0.2) is 0 Å². The summed E-state index contributed by atoms with van der Waals surface area (Å²) in [5, 5.41) is 14.0. The highest BCUT2D eigenvalue weighted by Gasteiger charge is 2.17. The molecule has 0 saturated carbocycles. The number of methoxy groups -OCH3 is 1. The van der Waals surface area contributed by atoms with Gasteiger partial charge in [-0.25, -0.2) is 9.67 Å². The number of hydrogen-bond donors (Lipinski definition) is 2. The van der Waals surface area contributed by atoms with Crippen LogP contribution in [-0.2, 0) is 0 Å². The largest absolute Gasteiger partial charge is 0.497 e. The van der Waals surface area contributed by atoms with Crippen LogP contribution in [0.25, 0.3) is 17.1 Å². The normalized spacial score (nSPS) is 10.6. The zero-order valence-electron chi connectivity index (χ0n) is 15.2. The number of amides is 1. The van der Waals surface area contributed by atoms with E-state index in [4.69, 9.17) is 4.74 Å². The third-order valence-corrected chi connectivity index (χ3v) is 4.15. The van der Waals surface area contributed by atoms with Gasteiger partial charge in [-0.1, -0.05) is 30.3 Å². The van der Waals surface area contributed by atoms with E-state index < -0.39 is 0 Å². The number of benzene rings is 2. The number of carbonyl (C=O) groups is 1. The Balaban J connectivity index is 1.62. The number of tetrazole rings is 1. The number of rotatable bonds is 5. The van der Waals surface area contributed by atoms with E-state index >= 15 is 0 Å². The van der Waals surface area contributed by atoms with Gasteiger partial charge in [0.25, 0.3) is 5.91 Å². The summed E-state index contributed by atoms with van der Waals surface area (Å²) in [5.74, 6) is 0.877. The lowest BCUT2D eigenvalue weighted by atomic mass is 10.2. The smallest absolute Gasteiger partial charge is 0.276 e. The number of nitrogens with zero attached hydrogens (tertiary/aromatic N) is 5. The monoisotopic (exact) mass is 375 g/mol. The summed E-state index contributed by atoms with van der Waals surface area (Å²) >= 11 is 0. The van der Waals surface area contributed by atoms with Crippen molar-refractivity contribution in [1.82, 2.24) is 30.2 Å². The molecule has 9 nitrogen and oxygen atoms in total. The third kappa shape index (κ3) is 3.45. The van der Waals surface area contributed by atoms with Crippen LogP contribution in [0.1, 0.15) is 16.2 Å². The van der Waals surface area contributed by atoms with Crippen LogP contribution in [0.3, 0.4) is 0 Å². The van der Waals surface area contributed by atoms with Gasteiger partial charge in [0.1, 0.15) is 23.6 Å². The number of aromatic nitrogens is 6. The predicted molar refractivity (Wildman–Crippen MR) is 102 cm³/mol. The minimum Gasteiger partial charge on any atom is -0.497 e. The number of carbonyl (C=O) groups excluding carboxylic acids is 1. The van der Waals surface area contributed by atoms with Gasteiger partial charge in [-0.3, -0.25) is 4.79 Å². The predicted octanol–water partition coefficient (Wildman–Crippen LogP) is 2.62. The molecule has 2 aromatic carbocycles. The maximum absolute atomic E-state index is 12.8. The minimum absolute atomic E-state index is 0.325. The number of aromatic amines is 1. The molecule has 2 heterocycles. The van der Waals surface area contributed by atoms with E-state index in [1.807, 2.05) is 37.3 Å². The summed E-state index contributed by atoms with van der Waals surface area (Å²) in [5.41, 5.74) is 3.11. The lowest BCUT2D eigenvalue weighted by Crippen LogP contribution is -2.14. The quantitative estimate of drug-likeness (QED) is 0.555. The highest BCUT2D eigenvalue weighted by atomic mass is 16.5. The van der Waals surface area contributed by atoms with Crippen LogP contribution in [0.5, 0.6) is 5.75 Å². The first kappa shape index (κ1) is 17.4. The van der Waals surface area contributed by atoms with Crippen molar-refractivity contribution in [3.05, 3.63) is 66.2 Å². The van der Waals surface area contributed by atoms with Crippen LogP contribution in [0.4, 0.5) is 5.69 Å². The van der Waals surface area contributed by atoms with Crippen LogP contribution in [0.15, 0.2) is 54.9 Å². The summed E-state index contributed by atoms with van der Waals surface area (Å²) < 4.78 is 6.79. The average molecular weight is 375 g/mol. The van der Waals surface area contributed by atoms with Crippen molar-refractivity contribution in [2.24, 2.45) is 0 Å². The van der Waals surface area contributed by atoms with E-state index in [0.717, 1.165) is 5.56 Å². The zero-order valence-corrected chi connectivity index (χ0v) is 15.2. The molecule has 28 heavy (non-hydrogen) atoms. The Morgan fingerprint density at radius 1 is 1.18 bits per heavy atom. The maximum Gasteiger partial charge on any atom is 0.276 e. The van der Waals surface area contributed by atoms with Crippen molar-refractivity contribution in [1.29, 1.82) is 0 Å². The van der Waals surface area contributed by atoms with Crippen molar-refractivity contribution in [3.63, 3.8) is 0 Å². The molecule has 0 spiro atoms. The molecule has 0 atom stereocenters. The number of H-pyrrole nitrogens is 1. The lowest BCUT2D eigenvalue weighted by molar-refractivity contribution is 0.102. The molecule has 0 radical (unpaired) electrons. The Bertz CT molecular complexity index is 1100. The van der Waals surface area contributed by atoms with Gasteiger partial charge in [0.2, 0.25) is 0 Å². The van der Waals surface area contributed by atoms with Crippen LogP contribution >= 0.6 is 0 Å². The van der Waals surface area contributed by atoms with E-state index in [1.165, 1.54) is 11.0 Å². The Hall–Kier alpha value is -4.01. The molecule has 2 N–H and O–H groups in total. The van der Waals surface area contributed by atoms with Gasteiger partial charge in [-0.05, 0) is 23.4 Å². The van der Waals surface area contributed by atoms with E-state index in [0.29, 0.717) is 34.3 Å². The van der Waals surface area contributed by atoms with Crippen LogP contribution < -0.4 is 10.1 Å². The van der Waals surface area contributed by atoms with Crippen molar-refractivity contribution >= 4 is 11.6 Å². The van der Waals surface area contributed by atoms with Crippen LogP contribution in [-0.4, -0.2) is 43.2 Å². The Morgan fingerprint density at radius 3 is 2.71 bits per heavy atom. The van der Waals surface area contributed by atoms with E-state index in [1.54, 1.807) is 25.3 Å². The summed E-state index contributed by atoms with van der Waals surface area (Å²) in [6, 6.07) is 14.9. The first-order valence-electron chi connectivity index (χ1n) is 8.50. The molecule has 9 heteroatoms. The topological polar surface area (TPSA) is 111 Å². The molecule has 4 aromatic rings.